The number of methoxy groups -OCH3 is 1. The molecule has 0 saturated heterocycles. The lowest BCUT2D eigenvalue weighted by atomic mass is 9.87. The van der Waals surface area contributed by atoms with Crippen molar-refractivity contribution in [3.8, 4) is 22.9 Å². The normalized spacial score (nSPS) is 11.6. The van der Waals surface area contributed by atoms with Crippen molar-refractivity contribution in [1.29, 1.82) is 0 Å². The third kappa shape index (κ3) is 5.43. The van der Waals surface area contributed by atoms with Gasteiger partial charge in [0.1, 0.15) is 6.61 Å². The zero-order chi connectivity index (χ0) is 24.1. The van der Waals surface area contributed by atoms with Crippen LogP contribution in [0.4, 0.5) is 0 Å². The van der Waals surface area contributed by atoms with Gasteiger partial charge in [0, 0.05) is 5.56 Å². The fraction of sp³-hybridized carbons (Fsp3) is 0.222. The van der Waals surface area contributed by atoms with Crippen molar-refractivity contribution < 1.29 is 9.47 Å². The molecule has 4 aromatic rings. The van der Waals surface area contributed by atoms with Gasteiger partial charge in [-0.15, -0.1) is 0 Å². The van der Waals surface area contributed by atoms with Gasteiger partial charge in [-0.25, -0.2) is 5.10 Å². The molecule has 0 saturated carbocycles. The number of hydrogen-bond donors (Lipinski definition) is 1. The van der Waals surface area contributed by atoms with Crippen LogP contribution in [0.5, 0.6) is 11.5 Å². The van der Waals surface area contributed by atoms with Crippen LogP contribution < -0.4 is 9.47 Å². The summed E-state index contributed by atoms with van der Waals surface area (Å²) in [6.07, 6.45) is 1.73. The van der Waals surface area contributed by atoms with Crippen LogP contribution in [0.25, 0.3) is 11.4 Å². The molecular formula is C27H28N4O2S. The molecule has 6 nitrogen and oxygen atoms in total. The Morgan fingerprint density at radius 1 is 1.00 bits per heavy atom. The molecule has 174 valence electrons. The monoisotopic (exact) mass is 472 g/mol. The Balaban J connectivity index is 1.58. The van der Waals surface area contributed by atoms with Gasteiger partial charge in [-0.05, 0) is 52.5 Å². The number of nitrogens with one attached hydrogen (secondary N) is 1. The largest absolute Gasteiger partial charge is 0.493 e. The van der Waals surface area contributed by atoms with Crippen molar-refractivity contribution in [1.82, 2.24) is 14.9 Å². The first-order valence-electron chi connectivity index (χ1n) is 11.0. The predicted molar refractivity (Wildman–Crippen MR) is 138 cm³/mol. The second-order valence-electron chi connectivity index (χ2n) is 8.92. The Bertz CT molecular complexity index is 1330. The van der Waals surface area contributed by atoms with Crippen molar-refractivity contribution in [3.05, 3.63) is 94.3 Å². The highest BCUT2D eigenvalue weighted by atomic mass is 32.1. The van der Waals surface area contributed by atoms with E-state index in [0.717, 1.165) is 16.7 Å². The number of H-pyrrole nitrogens is 1. The quantitative estimate of drug-likeness (QED) is 0.251. The SMILES string of the molecule is COc1ccc(/C=N\n2c(-c3ccc(C(C)(C)C)cc3)n[nH]c2=S)cc1OCc1ccccc1. The van der Waals surface area contributed by atoms with Gasteiger partial charge in [-0.1, -0.05) is 75.4 Å². The van der Waals surface area contributed by atoms with Gasteiger partial charge in [0.05, 0.1) is 13.3 Å². The van der Waals surface area contributed by atoms with Gasteiger partial charge in [0.15, 0.2) is 17.3 Å². The molecule has 1 heterocycles. The number of benzene rings is 3. The van der Waals surface area contributed by atoms with Crippen LogP contribution in [0, 0.1) is 4.77 Å². The third-order valence-electron chi connectivity index (χ3n) is 5.41. The van der Waals surface area contributed by atoms with E-state index in [2.05, 4.69) is 48.2 Å². The maximum atomic E-state index is 6.01. The molecule has 0 aliphatic rings. The van der Waals surface area contributed by atoms with Crippen LogP contribution in [-0.4, -0.2) is 28.2 Å². The molecule has 0 radical (unpaired) electrons. The fourth-order valence-corrected chi connectivity index (χ4v) is 3.63. The van der Waals surface area contributed by atoms with E-state index >= 15 is 0 Å². The van der Waals surface area contributed by atoms with E-state index < -0.39 is 0 Å². The molecule has 0 aliphatic carbocycles. The smallest absolute Gasteiger partial charge is 0.216 e. The molecule has 0 amide bonds. The molecule has 0 atom stereocenters. The molecule has 0 unspecified atom stereocenters. The van der Waals surface area contributed by atoms with E-state index in [1.807, 2.05) is 60.7 Å². The zero-order valence-electron chi connectivity index (χ0n) is 19.8. The van der Waals surface area contributed by atoms with Crippen molar-refractivity contribution in [3.63, 3.8) is 0 Å². The van der Waals surface area contributed by atoms with Crippen molar-refractivity contribution in [2.45, 2.75) is 32.8 Å². The minimum atomic E-state index is 0.0794. The molecule has 3 aromatic carbocycles. The summed E-state index contributed by atoms with van der Waals surface area (Å²) in [5, 5.41) is 11.8. The van der Waals surface area contributed by atoms with Crippen LogP contribution >= 0.6 is 12.2 Å². The van der Waals surface area contributed by atoms with Crippen LogP contribution in [0.3, 0.4) is 0 Å². The Morgan fingerprint density at radius 2 is 1.74 bits per heavy atom. The minimum Gasteiger partial charge on any atom is -0.493 e. The number of aromatic amines is 1. The van der Waals surface area contributed by atoms with Crippen LogP contribution in [0.2, 0.25) is 0 Å². The first-order valence-corrected chi connectivity index (χ1v) is 11.4. The zero-order valence-corrected chi connectivity index (χ0v) is 20.6. The molecule has 0 bridgehead atoms. The lowest BCUT2D eigenvalue weighted by Gasteiger charge is -2.18. The number of aromatic nitrogens is 3. The summed E-state index contributed by atoms with van der Waals surface area (Å²) in [4.78, 5) is 0. The highest BCUT2D eigenvalue weighted by Gasteiger charge is 2.15. The Morgan fingerprint density at radius 3 is 2.41 bits per heavy atom. The highest BCUT2D eigenvalue weighted by Crippen LogP contribution is 2.29. The van der Waals surface area contributed by atoms with Gasteiger partial charge in [-0.2, -0.15) is 14.9 Å². The van der Waals surface area contributed by atoms with Gasteiger partial charge in [-0.3, -0.25) is 0 Å². The van der Waals surface area contributed by atoms with Gasteiger partial charge >= 0.3 is 0 Å². The molecule has 0 spiro atoms. The van der Waals surface area contributed by atoms with Crippen molar-refractivity contribution in [2.24, 2.45) is 5.10 Å². The maximum Gasteiger partial charge on any atom is 0.216 e. The van der Waals surface area contributed by atoms with E-state index in [4.69, 9.17) is 21.7 Å². The molecule has 4 rings (SSSR count). The van der Waals surface area contributed by atoms with Crippen molar-refractivity contribution in [2.75, 3.05) is 7.11 Å². The van der Waals surface area contributed by atoms with E-state index in [1.165, 1.54) is 5.56 Å². The maximum absolute atomic E-state index is 6.01. The van der Waals surface area contributed by atoms with E-state index in [1.54, 1.807) is 18.0 Å². The molecule has 1 N–H and O–H groups in total. The van der Waals surface area contributed by atoms with Crippen LogP contribution in [0.15, 0.2) is 77.9 Å². The number of hydrogen-bond acceptors (Lipinski definition) is 5. The molecule has 34 heavy (non-hydrogen) atoms. The molecule has 0 fully saturated rings. The lowest BCUT2D eigenvalue weighted by molar-refractivity contribution is 0.284. The lowest BCUT2D eigenvalue weighted by Crippen LogP contribution is -2.10. The van der Waals surface area contributed by atoms with E-state index in [9.17, 15) is 0 Å². The second kappa shape index (κ2) is 10.1. The second-order valence-corrected chi connectivity index (χ2v) is 9.31. The highest BCUT2D eigenvalue weighted by molar-refractivity contribution is 7.71. The first-order chi connectivity index (χ1) is 16.3. The van der Waals surface area contributed by atoms with Gasteiger partial charge < -0.3 is 9.47 Å². The van der Waals surface area contributed by atoms with Crippen LogP contribution in [0.1, 0.15) is 37.5 Å². The average Bonchev–Trinajstić information content (AvgIpc) is 3.21. The Labute approximate surface area is 204 Å². The number of nitrogens with zero attached hydrogens (tertiary/aromatic N) is 3. The average molecular weight is 473 g/mol. The standard InChI is InChI=1S/C27H28N4O2S/c1-27(2,3)22-13-11-21(12-14-22)25-29-30-26(34)31(25)28-17-20-10-15-23(32-4)24(16-20)33-18-19-8-6-5-7-9-19/h5-17H,18H2,1-4H3,(H,30,34)/b28-17-. The van der Waals surface area contributed by atoms with E-state index in [-0.39, 0.29) is 5.41 Å². The Kier molecular flexibility index (Phi) is 6.93. The third-order valence-corrected chi connectivity index (χ3v) is 5.67. The topological polar surface area (TPSA) is 64.4 Å². The summed E-state index contributed by atoms with van der Waals surface area (Å²) < 4.78 is 13.5. The summed E-state index contributed by atoms with van der Waals surface area (Å²) in [5.41, 5.74) is 4.19. The van der Waals surface area contributed by atoms with Crippen molar-refractivity contribution >= 4 is 18.4 Å². The number of ether oxygens (including phenoxy) is 2. The van der Waals surface area contributed by atoms with Gasteiger partial charge in [0.25, 0.3) is 0 Å². The summed E-state index contributed by atoms with van der Waals surface area (Å²) in [5.74, 6) is 1.95. The molecular weight excluding hydrogens is 444 g/mol. The molecule has 0 aliphatic heterocycles. The summed E-state index contributed by atoms with van der Waals surface area (Å²) >= 11 is 5.42. The Hall–Kier alpha value is -3.71. The predicted octanol–water partition coefficient (Wildman–Crippen LogP) is 6.37. The van der Waals surface area contributed by atoms with E-state index in [0.29, 0.717) is 28.7 Å². The summed E-state index contributed by atoms with van der Waals surface area (Å²) in [6, 6.07) is 24.0. The summed E-state index contributed by atoms with van der Waals surface area (Å²) in [6.45, 7) is 7.01. The number of rotatable bonds is 7. The molecule has 1 aromatic heterocycles. The fourth-order valence-electron chi connectivity index (χ4n) is 3.45. The molecule has 7 heteroatoms. The first kappa shape index (κ1) is 23.4. The van der Waals surface area contributed by atoms with Crippen LogP contribution in [-0.2, 0) is 12.0 Å². The summed E-state index contributed by atoms with van der Waals surface area (Å²) in [7, 11) is 1.63. The van der Waals surface area contributed by atoms with Gasteiger partial charge in [0.2, 0.25) is 4.77 Å². The minimum absolute atomic E-state index is 0.0794.